The highest BCUT2D eigenvalue weighted by atomic mass is 16.5. The minimum Gasteiger partial charge on any atom is -0.497 e. The molecule has 0 aliphatic rings. The quantitative estimate of drug-likeness (QED) is 0.656. The van der Waals surface area contributed by atoms with Crippen LogP contribution in [0.1, 0.15) is 0 Å². The number of rotatable bonds is 6. The van der Waals surface area contributed by atoms with Crippen molar-refractivity contribution in [2.75, 3.05) is 32.6 Å². The molecule has 1 aromatic carbocycles. The van der Waals surface area contributed by atoms with Gasteiger partial charge in [-0.2, -0.15) is 0 Å². The first kappa shape index (κ1) is 12.6. The van der Waals surface area contributed by atoms with Gasteiger partial charge in [-0.25, -0.2) is 0 Å². The van der Waals surface area contributed by atoms with Crippen molar-refractivity contribution in [2.24, 2.45) is 5.73 Å². The largest absolute Gasteiger partial charge is 0.497 e. The third-order valence-electron chi connectivity index (χ3n) is 2.21. The van der Waals surface area contributed by atoms with Crippen LogP contribution in [-0.4, -0.2) is 38.5 Å². The lowest BCUT2D eigenvalue weighted by Gasteiger charge is -2.14. The second-order valence-electron chi connectivity index (χ2n) is 3.34. The van der Waals surface area contributed by atoms with Gasteiger partial charge in [0, 0.05) is 19.2 Å². The minimum atomic E-state index is -0.563. The fourth-order valence-corrected chi connectivity index (χ4v) is 1.26. The number of hydrogen-bond acceptors (Lipinski definition) is 5. The SMILES string of the molecule is COc1ccc(NCC(O)CN)c(OC)c1. The lowest BCUT2D eigenvalue weighted by molar-refractivity contribution is 0.196. The highest BCUT2D eigenvalue weighted by molar-refractivity contribution is 5.59. The van der Waals surface area contributed by atoms with Crippen LogP contribution in [0.4, 0.5) is 5.69 Å². The Morgan fingerprint density at radius 1 is 1.38 bits per heavy atom. The fraction of sp³-hybridized carbons (Fsp3) is 0.455. The van der Waals surface area contributed by atoms with Crippen LogP contribution >= 0.6 is 0 Å². The predicted octanol–water partition coefficient (Wildman–Crippen LogP) is 0.435. The van der Waals surface area contributed by atoms with Gasteiger partial charge in [-0.15, -0.1) is 0 Å². The molecule has 5 heteroatoms. The third-order valence-corrected chi connectivity index (χ3v) is 2.21. The van der Waals surface area contributed by atoms with Gasteiger partial charge in [-0.1, -0.05) is 0 Å². The van der Waals surface area contributed by atoms with Crippen LogP contribution in [-0.2, 0) is 0 Å². The van der Waals surface area contributed by atoms with Crippen molar-refractivity contribution in [2.45, 2.75) is 6.10 Å². The van der Waals surface area contributed by atoms with Crippen molar-refractivity contribution in [1.29, 1.82) is 0 Å². The molecule has 0 aromatic heterocycles. The molecule has 1 atom stereocenters. The van der Waals surface area contributed by atoms with Crippen LogP contribution in [0.3, 0.4) is 0 Å². The summed E-state index contributed by atoms with van der Waals surface area (Å²) in [5.74, 6) is 1.39. The van der Waals surface area contributed by atoms with Crippen LogP contribution < -0.4 is 20.5 Å². The molecule has 16 heavy (non-hydrogen) atoms. The van der Waals surface area contributed by atoms with Gasteiger partial charge in [-0.05, 0) is 12.1 Å². The monoisotopic (exact) mass is 226 g/mol. The molecule has 0 bridgehead atoms. The first-order chi connectivity index (χ1) is 7.71. The first-order valence-corrected chi connectivity index (χ1v) is 5.05. The molecule has 0 saturated carbocycles. The van der Waals surface area contributed by atoms with Gasteiger partial charge in [0.15, 0.2) is 0 Å². The van der Waals surface area contributed by atoms with E-state index in [1.165, 1.54) is 0 Å². The van der Waals surface area contributed by atoms with E-state index in [-0.39, 0.29) is 6.54 Å². The van der Waals surface area contributed by atoms with E-state index < -0.39 is 6.10 Å². The number of methoxy groups -OCH3 is 2. The molecule has 0 aliphatic heterocycles. The Hall–Kier alpha value is -1.46. The van der Waals surface area contributed by atoms with Crippen molar-refractivity contribution in [3.8, 4) is 11.5 Å². The number of hydrogen-bond donors (Lipinski definition) is 3. The molecule has 0 radical (unpaired) electrons. The molecule has 0 amide bonds. The molecular weight excluding hydrogens is 208 g/mol. The Kier molecular flexibility index (Phi) is 4.88. The van der Waals surface area contributed by atoms with Crippen molar-refractivity contribution in [1.82, 2.24) is 0 Å². The van der Waals surface area contributed by atoms with Gasteiger partial charge in [0.05, 0.1) is 26.0 Å². The summed E-state index contributed by atoms with van der Waals surface area (Å²) in [5.41, 5.74) is 6.11. The van der Waals surface area contributed by atoms with E-state index >= 15 is 0 Å². The summed E-state index contributed by atoms with van der Waals surface area (Å²) in [5, 5.41) is 12.4. The predicted molar refractivity (Wildman–Crippen MR) is 63.1 cm³/mol. The maximum atomic E-state index is 9.33. The second-order valence-corrected chi connectivity index (χ2v) is 3.34. The lowest BCUT2D eigenvalue weighted by Crippen LogP contribution is -2.27. The van der Waals surface area contributed by atoms with Gasteiger partial charge in [0.1, 0.15) is 11.5 Å². The summed E-state index contributed by atoms with van der Waals surface area (Å²) in [6, 6.07) is 5.43. The minimum absolute atomic E-state index is 0.228. The van der Waals surface area contributed by atoms with E-state index in [0.29, 0.717) is 12.3 Å². The average molecular weight is 226 g/mol. The molecule has 90 valence electrons. The average Bonchev–Trinajstić information content (AvgIpc) is 2.35. The van der Waals surface area contributed by atoms with Gasteiger partial charge >= 0.3 is 0 Å². The van der Waals surface area contributed by atoms with E-state index in [0.717, 1.165) is 11.4 Å². The number of benzene rings is 1. The van der Waals surface area contributed by atoms with Crippen LogP contribution in [0.2, 0.25) is 0 Å². The van der Waals surface area contributed by atoms with Gasteiger partial charge < -0.3 is 25.6 Å². The fourth-order valence-electron chi connectivity index (χ4n) is 1.26. The molecular formula is C11H18N2O3. The number of aliphatic hydroxyl groups is 1. The molecule has 0 aliphatic carbocycles. The van der Waals surface area contributed by atoms with Crippen molar-refractivity contribution in [3.63, 3.8) is 0 Å². The molecule has 1 aromatic rings. The van der Waals surface area contributed by atoms with E-state index in [2.05, 4.69) is 5.32 Å². The van der Waals surface area contributed by atoms with Crippen LogP contribution in [0.25, 0.3) is 0 Å². The molecule has 0 fully saturated rings. The van der Waals surface area contributed by atoms with Gasteiger partial charge in [0.2, 0.25) is 0 Å². The van der Waals surface area contributed by atoms with Crippen LogP contribution in [0.15, 0.2) is 18.2 Å². The summed E-state index contributed by atoms with van der Waals surface area (Å²) < 4.78 is 10.3. The van der Waals surface area contributed by atoms with Crippen molar-refractivity contribution >= 4 is 5.69 Å². The molecule has 4 N–H and O–H groups in total. The maximum absolute atomic E-state index is 9.33. The Bertz CT molecular complexity index is 331. The van der Waals surface area contributed by atoms with Crippen LogP contribution in [0, 0.1) is 0 Å². The van der Waals surface area contributed by atoms with Gasteiger partial charge in [-0.3, -0.25) is 0 Å². The number of ether oxygens (including phenoxy) is 2. The molecule has 0 spiro atoms. The standard InChI is InChI=1S/C11H18N2O3/c1-15-9-3-4-10(11(5-9)16-2)13-7-8(14)6-12/h3-5,8,13-14H,6-7,12H2,1-2H3. The Labute approximate surface area is 95.2 Å². The zero-order valence-corrected chi connectivity index (χ0v) is 9.56. The molecule has 1 unspecified atom stereocenters. The topological polar surface area (TPSA) is 76.7 Å². The Balaban J connectivity index is 2.71. The molecule has 0 heterocycles. The van der Waals surface area contributed by atoms with Crippen LogP contribution in [0.5, 0.6) is 11.5 Å². The first-order valence-electron chi connectivity index (χ1n) is 5.05. The summed E-state index contributed by atoms with van der Waals surface area (Å²) in [7, 11) is 3.18. The zero-order chi connectivity index (χ0) is 12.0. The normalized spacial score (nSPS) is 12.0. The van der Waals surface area contributed by atoms with E-state index in [1.54, 1.807) is 20.3 Å². The highest BCUT2D eigenvalue weighted by Gasteiger charge is 2.06. The second kappa shape index (κ2) is 6.19. The molecule has 5 nitrogen and oxygen atoms in total. The molecule has 1 rings (SSSR count). The zero-order valence-electron chi connectivity index (χ0n) is 9.56. The highest BCUT2D eigenvalue weighted by Crippen LogP contribution is 2.28. The summed E-state index contributed by atoms with van der Waals surface area (Å²) >= 11 is 0. The molecule has 0 saturated heterocycles. The van der Waals surface area contributed by atoms with E-state index in [4.69, 9.17) is 15.2 Å². The Morgan fingerprint density at radius 3 is 2.69 bits per heavy atom. The summed E-state index contributed by atoms with van der Waals surface area (Å²) in [6.45, 7) is 0.616. The lowest BCUT2D eigenvalue weighted by atomic mass is 10.2. The number of nitrogens with one attached hydrogen (secondary N) is 1. The summed E-state index contributed by atoms with van der Waals surface area (Å²) in [6.07, 6.45) is -0.563. The van der Waals surface area contributed by atoms with Gasteiger partial charge in [0.25, 0.3) is 0 Å². The smallest absolute Gasteiger partial charge is 0.145 e. The van der Waals surface area contributed by atoms with E-state index in [9.17, 15) is 5.11 Å². The van der Waals surface area contributed by atoms with Crippen molar-refractivity contribution in [3.05, 3.63) is 18.2 Å². The van der Waals surface area contributed by atoms with Crippen molar-refractivity contribution < 1.29 is 14.6 Å². The number of aliphatic hydroxyl groups excluding tert-OH is 1. The third kappa shape index (κ3) is 3.29. The van der Waals surface area contributed by atoms with E-state index in [1.807, 2.05) is 12.1 Å². The maximum Gasteiger partial charge on any atom is 0.145 e. The number of nitrogens with two attached hydrogens (primary N) is 1. The number of anilines is 1. The Morgan fingerprint density at radius 2 is 2.12 bits per heavy atom. The summed E-state index contributed by atoms with van der Waals surface area (Å²) in [4.78, 5) is 0.